The van der Waals surface area contributed by atoms with Crippen molar-refractivity contribution in [2.45, 2.75) is 26.4 Å². The molecule has 2 aromatic rings. The number of nitrogens with one attached hydrogen (secondary N) is 1. The number of hydrogen-bond donors (Lipinski definition) is 2. The van der Waals surface area contributed by atoms with Gasteiger partial charge < -0.3 is 19.9 Å². The van der Waals surface area contributed by atoms with E-state index in [1.54, 1.807) is 24.3 Å². The van der Waals surface area contributed by atoms with Gasteiger partial charge >= 0.3 is 5.97 Å². The highest BCUT2D eigenvalue weighted by molar-refractivity contribution is 5.96. The maximum absolute atomic E-state index is 12.2. The molecule has 0 unspecified atom stereocenters. The molecule has 6 nitrogen and oxygen atoms in total. The Morgan fingerprint density at radius 1 is 1.16 bits per heavy atom. The molecule has 132 valence electrons. The topological polar surface area (TPSA) is 84.9 Å². The molecule has 0 spiro atoms. The molecule has 0 aliphatic carbocycles. The van der Waals surface area contributed by atoms with Crippen molar-refractivity contribution in [3.05, 3.63) is 53.6 Å². The highest BCUT2D eigenvalue weighted by Crippen LogP contribution is 2.25. The Bertz CT molecular complexity index is 755. The Balaban J connectivity index is 1.94. The van der Waals surface area contributed by atoms with E-state index in [9.17, 15) is 14.7 Å². The zero-order chi connectivity index (χ0) is 18.4. The second-order valence-electron chi connectivity index (χ2n) is 5.67. The van der Waals surface area contributed by atoms with Crippen LogP contribution in [0.1, 0.15) is 18.1 Å². The van der Waals surface area contributed by atoms with Crippen molar-refractivity contribution < 1.29 is 24.2 Å². The van der Waals surface area contributed by atoms with Gasteiger partial charge in [-0.25, -0.2) is 0 Å². The fraction of sp³-hybridized carbons (Fsp3) is 0.263. The Labute approximate surface area is 146 Å². The first-order chi connectivity index (χ1) is 11.9. The molecule has 0 aliphatic rings. The van der Waals surface area contributed by atoms with Gasteiger partial charge in [-0.3, -0.25) is 9.59 Å². The summed E-state index contributed by atoms with van der Waals surface area (Å²) in [6.07, 6.45) is -0.930. The van der Waals surface area contributed by atoms with Crippen molar-refractivity contribution >= 4 is 17.6 Å². The first-order valence-electron chi connectivity index (χ1n) is 7.82. The SMILES string of the molecule is COc1ccc(C)cc1NC(=O)[C@@H](C)OC(=O)Cc1ccc(O)cc1. The minimum absolute atomic E-state index is 0.0195. The van der Waals surface area contributed by atoms with Crippen molar-refractivity contribution in [3.8, 4) is 11.5 Å². The van der Waals surface area contributed by atoms with E-state index in [0.29, 0.717) is 17.0 Å². The summed E-state index contributed by atoms with van der Waals surface area (Å²) < 4.78 is 10.4. The molecular formula is C19H21NO5. The molecule has 6 heteroatoms. The zero-order valence-corrected chi connectivity index (χ0v) is 14.4. The maximum atomic E-state index is 12.2. The molecule has 0 fully saturated rings. The molecule has 25 heavy (non-hydrogen) atoms. The molecular weight excluding hydrogens is 322 g/mol. The lowest BCUT2D eigenvalue weighted by molar-refractivity contribution is -0.152. The minimum atomic E-state index is -0.949. The summed E-state index contributed by atoms with van der Waals surface area (Å²) in [6, 6.07) is 11.6. The lowest BCUT2D eigenvalue weighted by Crippen LogP contribution is -2.30. The minimum Gasteiger partial charge on any atom is -0.508 e. The van der Waals surface area contributed by atoms with Crippen LogP contribution >= 0.6 is 0 Å². The van der Waals surface area contributed by atoms with Crippen LogP contribution in [-0.2, 0) is 20.7 Å². The molecule has 1 amide bonds. The Morgan fingerprint density at radius 2 is 1.84 bits per heavy atom. The number of benzene rings is 2. The predicted octanol–water partition coefficient (Wildman–Crippen LogP) is 2.82. The Kier molecular flexibility index (Phi) is 6.00. The third-order valence-electron chi connectivity index (χ3n) is 3.58. The lowest BCUT2D eigenvalue weighted by atomic mass is 10.1. The van der Waals surface area contributed by atoms with Gasteiger partial charge in [-0.2, -0.15) is 0 Å². The molecule has 0 aliphatic heterocycles. The number of carbonyl (C=O) groups excluding carboxylic acids is 2. The van der Waals surface area contributed by atoms with Crippen LogP contribution in [-0.4, -0.2) is 30.2 Å². The van der Waals surface area contributed by atoms with Gasteiger partial charge in [0.2, 0.25) is 0 Å². The second kappa shape index (κ2) is 8.19. The average molecular weight is 343 g/mol. The van der Waals surface area contributed by atoms with Crippen LogP contribution in [0.15, 0.2) is 42.5 Å². The number of hydrogen-bond acceptors (Lipinski definition) is 5. The van der Waals surface area contributed by atoms with Crippen molar-refractivity contribution in [2.75, 3.05) is 12.4 Å². The number of aromatic hydroxyl groups is 1. The smallest absolute Gasteiger partial charge is 0.311 e. The molecule has 0 saturated carbocycles. The van der Waals surface area contributed by atoms with Crippen molar-refractivity contribution in [3.63, 3.8) is 0 Å². The summed E-state index contributed by atoms with van der Waals surface area (Å²) >= 11 is 0. The highest BCUT2D eigenvalue weighted by atomic mass is 16.5. The summed E-state index contributed by atoms with van der Waals surface area (Å²) in [7, 11) is 1.52. The molecule has 0 aromatic heterocycles. The van der Waals surface area contributed by atoms with E-state index in [1.807, 2.05) is 13.0 Å². The summed E-state index contributed by atoms with van der Waals surface area (Å²) in [6.45, 7) is 3.41. The fourth-order valence-electron chi connectivity index (χ4n) is 2.23. The number of ether oxygens (including phenoxy) is 2. The van der Waals surface area contributed by atoms with E-state index in [1.165, 1.54) is 26.2 Å². The van der Waals surface area contributed by atoms with E-state index in [0.717, 1.165) is 5.56 Å². The van der Waals surface area contributed by atoms with E-state index >= 15 is 0 Å². The van der Waals surface area contributed by atoms with Crippen molar-refractivity contribution in [2.24, 2.45) is 0 Å². The summed E-state index contributed by atoms with van der Waals surface area (Å²) in [5.41, 5.74) is 2.18. The molecule has 2 aromatic carbocycles. The average Bonchev–Trinajstić information content (AvgIpc) is 2.57. The van der Waals surface area contributed by atoms with Gasteiger partial charge in [-0.15, -0.1) is 0 Å². The van der Waals surface area contributed by atoms with Gasteiger partial charge in [0.25, 0.3) is 5.91 Å². The molecule has 0 saturated heterocycles. The number of phenols is 1. The largest absolute Gasteiger partial charge is 0.508 e. The van der Waals surface area contributed by atoms with Gasteiger partial charge in [-0.1, -0.05) is 18.2 Å². The van der Waals surface area contributed by atoms with Crippen LogP contribution in [0.25, 0.3) is 0 Å². The van der Waals surface area contributed by atoms with E-state index in [2.05, 4.69) is 5.32 Å². The summed E-state index contributed by atoms with van der Waals surface area (Å²) in [5, 5.41) is 11.9. The Hall–Kier alpha value is -3.02. The number of rotatable bonds is 6. The highest BCUT2D eigenvalue weighted by Gasteiger charge is 2.19. The second-order valence-corrected chi connectivity index (χ2v) is 5.67. The van der Waals surface area contributed by atoms with Gasteiger partial charge in [0.05, 0.1) is 19.2 Å². The number of amides is 1. The van der Waals surface area contributed by atoms with Gasteiger partial charge in [0.1, 0.15) is 11.5 Å². The van der Waals surface area contributed by atoms with Crippen LogP contribution < -0.4 is 10.1 Å². The fourth-order valence-corrected chi connectivity index (χ4v) is 2.23. The van der Waals surface area contributed by atoms with Crippen molar-refractivity contribution in [1.29, 1.82) is 0 Å². The summed E-state index contributed by atoms with van der Waals surface area (Å²) in [5.74, 6) is -0.314. The number of esters is 1. The van der Waals surface area contributed by atoms with E-state index in [4.69, 9.17) is 9.47 Å². The third-order valence-corrected chi connectivity index (χ3v) is 3.58. The number of phenolic OH excluding ortho intramolecular Hbond substituents is 1. The third kappa shape index (κ3) is 5.24. The van der Waals surface area contributed by atoms with E-state index in [-0.39, 0.29) is 12.2 Å². The maximum Gasteiger partial charge on any atom is 0.311 e. The summed E-state index contributed by atoms with van der Waals surface area (Å²) in [4.78, 5) is 24.2. The van der Waals surface area contributed by atoms with E-state index < -0.39 is 18.0 Å². The molecule has 0 heterocycles. The molecule has 2 N–H and O–H groups in total. The van der Waals surface area contributed by atoms with Crippen LogP contribution in [0.2, 0.25) is 0 Å². The number of anilines is 1. The molecule has 1 atom stereocenters. The van der Waals surface area contributed by atoms with Gasteiger partial charge in [-0.05, 0) is 49.2 Å². The first-order valence-corrected chi connectivity index (χ1v) is 7.82. The molecule has 2 rings (SSSR count). The van der Waals surface area contributed by atoms with Gasteiger partial charge in [0.15, 0.2) is 6.10 Å². The lowest BCUT2D eigenvalue weighted by Gasteiger charge is -2.15. The Morgan fingerprint density at radius 3 is 2.48 bits per heavy atom. The van der Waals surface area contributed by atoms with Crippen LogP contribution in [0.4, 0.5) is 5.69 Å². The zero-order valence-electron chi connectivity index (χ0n) is 14.4. The van der Waals surface area contributed by atoms with Crippen LogP contribution in [0.3, 0.4) is 0 Å². The van der Waals surface area contributed by atoms with Crippen LogP contribution in [0.5, 0.6) is 11.5 Å². The first kappa shape index (κ1) is 18.3. The normalized spacial score (nSPS) is 11.5. The number of carbonyl (C=O) groups is 2. The molecule has 0 radical (unpaired) electrons. The van der Waals surface area contributed by atoms with Crippen molar-refractivity contribution in [1.82, 2.24) is 0 Å². The van der Waals surface area contributed by atoms with Gasteiger partial charge in [0, 0.05) is 0 Å². The monoisotopic (exact) mass is 343 g/mol. The number of methoxy groups -OCH3 is 1. The quantitative estimate of drug-likeness (QED) is 0.788. The predicted molar refractivity (Wildman–Crippen MR) is 93.7 cm³/mol. The standard InChI is InChI=1S/C19H21NO5/c1-12-4-9-17(24-3)16(10-12)20-19(23)13(2)25-18(22)11-14-5-7-15(21)8-6-14/h4-10,13,21H,11H2,1-3H3,(H,20,23)/t13-/m1/s1. The molecule has 0 bridgehead atoms. The number of aryl methyl sites for hydroxylation is 1. The van der Waals surface area contributed by atoms with Crippen LogP contribution in [0, 0.1) is 6.92 Å².